The van der Waals surface area contributed by atoms with Crippen molar-refractivity contribution in [2.24, 2.45) is 14.1 Å². The van der Waals surface area contributed by atoms with Gasteiger partial charge in [0.25, 0.3) is 5.56 Å². The summed E-state index contributed by atoms with van der Waals surface area (Å²) in [4.78, 5) is 23.8. The second-order valence-electron chi connectivity index (χ2n) is 5.41. The number of nitrogens with one attached hydrogen (secondary N) is 1. The molecule has 1 aliphatic carbocycles. The molecule has 1 aromatic heterocycles. The van der Waals surface area contributed by atoms with Gasteiger partial charge in [-0.25, -0.2) is 9.48 Å². The maximum Gasteiger partial charge on any atom is 0.346 e. The maximum absolute atomic E-state index is 12.2. The molecule has 0 amide bonds. The van der Waals surface area contributed by atoms with Gasteiger partial charge < -0.3 is 5.32 Å². The predicted octanol–water partition coefficient (Wildman–Crippen LogP) is 0.968. The van der Waals surface area contributed by atoms with Gasteiger partial charge in [-0.2, -0.15) is 0 Å². The zero-order chi connectivity index (χ0) is 15.0. The number of rotatable bonds is 2. The van der Waals surface area contributed by atoms with E-state index in [0.29, 0.717) is 0 Å². The number of aromatic nitrogens is 3. The molecule has 6 heteroatoms. The van der Waals surface area contributed by atoms with Crippen molar-refractivity contribution < 1.29 is 0 Å². The summed E-state index contributed by atoms with van der Waals surface area (Å²) in [6, 6.07) is 8.30. The van der Waals surface area contributed by atoms with Crippen LogP contribution in [0.15, 0.2) is 33.9 Å². The van der Waals surface area contributed by atoms with Gasteiger partial charge in [0.05, 0.1) is 6.04 Å². The van der Waals surface area contributed by atoms with E-state index in [1.165, 1.54) is 22.9 Å². The summed E-state index contributed by atoms with van der Waals surface area (Å²) in [5, 5.41) is 7.27. The van der Waals surface area contributed by atoms with E-state index in [-0.39, 0.29) is 17.4 Å². The minimum absolute atomic E-state index is 0.0626. The summed E-state index contributed by atoms with van der Waals surface area (Å²) in [7, 11) is 3.01. The first kappa shape index (κ1) is 13.6. The summed E-state index contributed by atoms with van der Waals surface area (Å²) in [5.74, 6) is 0.223. The Morgan fingerprint density at radius 1 is 1.24 bits per heavy atom. The fourth-order valence-electron chi connectivity index (χ4n) is 2.86. The highest BCUT2D eigenvalue weighted by molar-refractivity contribution is 5.40. The summed E-state index contributed by atoms with van der Waals surface area (Å²) in [6.07, 6.45) is 3.08. The third-order valence-electron chi connectivity index (χ3n) is 4.00. The number of benzene rings is 1. The molecule has 0 saturated carbocycles. The molecule has 6 nitrogen and oxygen atoms in total. The summed E-state index contributed by atoms with van der Waals surface area (Å²) in [6.45, 7) is 0. The van der Waals surface area contributed by atoms with E-state index in [9.17, 15) is 9.59 Å². The average molecular weight is 286 g/mol. The van der Waals surface area contributed by atoms with Crippen LogP contribution in [0.2, 0.25) is 0 Å². The van der Waals surface area contributed by atoms with Crippen LogP contribution in [0.4, 0.5) is 5.82 Å². The molecule has 1 heterocycles. The molecule has 1 atom stereocenters. The van der Waals surface area contributed by atoms with Crippen molar-refractivity contribution in [1.82, 2.24) is 14.3 Å². The lowest BCUT2D eigenvalue weighted by molar-refractivity contribution is 0.572. The van der Waals surface area contributed by atoms with Gasteiger partial charge in [-0.05, 0) is 30.4 Å². The normalized spacial score (nSPS) is 17.3. The molecule has 1 aliphatic rings. The third-order valence-corrected chi connectivity index (χ3v) is 4.00. The van der Waals surface area contributed by atoms with E-state index in [1.807, 2.05) is 12.1 Å². The molecule has 21 heavy (non-hydrogen) atoms. The summed E-state index contributed by atoms with van der Waals surface area (Å²) in [5.41, 5.74) is 1.71. The third kappa shape index (κ3) is 2.37. The average Bonchev–Trinajstić information content (AvgIpc) is 2.51. The van der Waals surface area contributed by atoms with Crippen LogP contribution in [0.25, 0.3) is 0 Å². The fourth-order valence-corrected chi connectivity index (χ4v) is 2.86. The van der Waals surface area contributed by atoms with Gasteiger partial charge in [0, 0.05) is 14.1 Å². The van der Waals surface area contributed by atoms with Crippen LogP contribution in [-0.2, 0) is 20.5 Å². The molecule has 1 aromatic carbocycles. The van der Waals surface area contributed by atoms with Crippen molar-refractivity contribution in [1.29, 1.82) is 0 Å². The van der Waals surface area contributed by atoms with E-state index in [2.05, 4.69) is 22.5 Å². The van der Waals surface area contributed by atoms with Gasteiger partial charge in [-0.3, -0.25) is 9.36 Å². The van der Waals surface area contributed by atoms with Crippen molar-refractivity contribution in [2.45, 2.75) is 25.3 Å². The monoisotopic (exact) mass is 286 g/mol. The van der Waals surface area contributed by atoms with Gasteiger partial charge in [0.15, 0.2) is 0 Å². The van der Waals surface area contributed by atoms with Crippen LogP contribution in [0.5, 0.6) is 0 Å². The number of hydrogen-bond acceptors (Lipinski definition) is 4. The Bertz CT molecular complexity index is 791. The second kappa shape index (κ2) is 5.20. The van der Waals surface area contributed by atoms with E-state index in [1.54, 1.807) is 7.05 Å². The molecular weight excluding hydrogens is 268 g/mol. The second-order valence-corrected chi connectivity index (χ2v) is 5.41. The topological polar surface area (TPSA) is 68.9 Å². The lowest BCUT2D eigenvalue weighted by Crippen LogP contribution is -2.40. The molecule has 0 radical (unpaired) electrons. The Labute approximate surface area is 122 Å². The SMILES string of the molecule is Cn1nc(NC2CCCc3ccccc32)c(=O)n(C)c1=O. The highest BCUT2D eigenvalue weighted by Crippen LogP contribution is 2.31. The van der Waals surface area contributed by atoms with Gasteiger partial charge in [0.2, 0.25) is 5.82 Å². The molecule has 0 bridgehead atoms. The van der Waals surface area contributed by atoms with Crippen molar-refractivity contribution in [3.05, 3.63) is 56.2 Å². The van der Waals surface area contributed by atoms with Crippen molar-refractivity contribution in [3.8, 4) is 0 Å². The minimum Gasteiger partial charge on any atom is -0.357 e. The van der Waals surface area contributed by atoms with E-state index in [4.69, 9.17) is 0 Å². The van der Waals surface area contributed by atoms with Gasteiger partial charge in [-0.15, -0.1) is 5.10 Å². The molecule has 3 rings (SSSR count). The van der Waals surface area contributed by atoms with Crippen molar-refractivity contribution in [2.75, 3.05) is 5.32 Å². The number of hydrogen-bond donors (Lipinski definition) is 1. The fraction of sp³-hybridized carbons (Fsp3) is 0.400. The van der Waals surface area contributed by atoms with E-state index < -0.39 is 5.69 Å². The molecule has 0 fully saturated rings. The predicted molar refractivity (Wildman–Crippen MR) is 80.5 cm³/mol. The molecule has 1 unspecified atom stereocenters. The molecular formula is C15H18N4O2. The zero-order valence-electron chi connectivity index (χ0n) is 12.2. The molecule has 0 saturated heterocycles. The van der Waals surface area contributed by atoms with Crippen molar-refractivity contribution in [3.63, 3.8) is 0 Å². The first-order valence-electron chi connectivity index (χ1n) is 7.06. The first-order valence-corrected chi connectivity index (χ1v) is 7.06. The number of aryl methyl sites for hydroxylation is 2. The quantitative estimate of drug-likeness (QED) is 0.893. The van der Waals surface area contributed by atoms with E-state index in [0.717, 1.165) is 23.8 Å². The summed E-state index contributed by atoms with van der Waals surface area (Å²) < 4.78 is 2.25. The Morgan fingerprint density at radius 3 is 2.81 bits per heavy atom. The Hall–Kier alpha value is -2.37. The number of nitrogens with zero attached hydrogens (tertiary/aromatic N) is 3. The molecule has 0 aliphatic heterocycles. The molecule has 1 N–H and O–H groups in total. The van der Waals surface area contributed by atoms with Crippen LogP contribution in [0.1, 0.15) is 30.0 Å². The Kier molecular flexibility index (Phi) is 3.37. The maximum atomic E-state index is 12.2. The molecule has 0 spiro atoms. The van der Waals surface area contributed by atoms with Crippen LogP contribution in [0, 0.1) is 0 Å². The lowest BCUT2D eigenvalue weighted by Gasteiger charge is -2.26. The number of anilines is 1. The van der Waals surface area contributed by atoms with Crippen LogP contribution in [0.3, 0.4) is 0 Å². The van der Waals surface area contributed by atoms with Crippen LogP contribution >= 0.6 is 0 Å². The van der Waals surface area contributed by atoms with Crippen LogP contribution in [-0.4, -0.2) is 14.3 Å². The standard InChI is InChI=1S/C15H18N4O2/c1-18-14(20)13(17-19(2)15(18)21)16-12-9-5-7-10-6-3-4-8-11(10)12/h3-4,6,8,12H,5,7,9H2,1-2H3,(H,16,17). The lowest BCUT2D eigenvalue weighted by atomic mass is 9.88. The molecule has 2 aromatic rings. The van der Waals surface area contributed by atoms with Crippen LogP contribution < -0.4 is 16.6 Å². The Balaban J connectivity index is 1.99. The summed E-state index contributed by atoms with van der Waals surface area (Å²) >= 11 is 0. The first-order chi connectivity index (χ1) is 10.1. The Morgan fingerprint density at radius 2 is 2.00 bits per heavy atom. The number of fused-ring (bicyclic) bond motifs is 1. The minimum atomic E-state index is -0.422. The zero-order valence-corrected chi connectivity index (χ0v) is 12.2. The van der Waals surface area contributed by atoms with Gasteiger partial charge >= 0.3 is 5.69 Å². The highest BCUT2D eigenvalue weighted by atomic mass is 16.2. The van der Waals surface area contributed by atoms with Gasteiger partial charge in [0.1, 0.15) is 0 Å². The smallest absolute Gasteiger partial charge is 0.346 e. The largest absolute Gasteiger partial charge is 0.357 e. The highest BCUT2D eigenvalue weighted by Gasteiger charge is 2.21. The van der Waals surface area contributed by atoms with E-state index >= 15 is 0 Å². The van der Waals surface area contributed by atoms with Gasteiger partial charge in [-0.1, -0.05) is 24.3 Å². The van der Waals surface area contributed by atoms with Crippen molar-refractivity contribution >= 4 is 5.82 Å². The molecule has 110 valence electrons.